The van der Waals surface area contributed by atoms with Crippen molar-refractivity contribution < 1.29 is 14.1 Å². The summed E-state index contributed by atoms with van der Waals surface area (Å²) in [4.78, 5) is 24.6. The third kappa shape index (κ3) is 3.35. The van der Waals surface area contributed by atoms with Crippen LogP contribution in [0.2, 0.25) is 0 Å². The molecule has 0 radical (unpaired) electrons. The maximum atomic E-state index is 12.2. The molecule has 7 nitrogen and oxygen atoms in total. The minimum absolute atomic E-state index is 0.121. The highest BCUT2D eigenvalue weighted by Crippen LogP contribution is 2.11. The maximum absolute atomic E-state index is 12.2. The molecule has 2 rings (SSSR count). The molecule has 20 heavy (non-hydrogen) atoms. The van der Waals surface area contributed by atoms with E-state index in [4.69, 9.17) is 11.5 Å². The van der Waals surface area contributed by atoms with Crippen LogP contribution >= 0.6 is 0 Å². The van der Waals surface area contributed by atoms with Crippen molar-refractivity contribution in [2.75, 3.05) is 12.3 Å². The van der Waals surface area contributed by atoms with E-state index in [0.717, 1.165) is 5.56 Å². The van der Waals surface area contributed by atoms with Crippen molar-refractivity contribution in [1.29, 1.82) is 0 Å². The van der Waals surface area contributed by atoms with E-state index in [1.54, 1.807) is 24.3 Å². The number of hydrogen-bond acceptors (Lipinski definition) is 5. The van der Waals surface area contributed by atoms with Crippen LogP contribution in [0.1, 0.15) is 16.1 Å². The molecule has 0 aliphatic heterocycles. The van der Waals surface area contributed by atoms with Gasteiger partial charge >= 0.3 is 0 Å². The fourth-order valence-corrected chi connectivity index (χ4v) is 1.78. The lowest BCUT2D eigenvalue weighted by Crippen LogP contribution is -2.38. The minimum Gasteiger partial charge on any atom is -0.399 e. The zero-order chi connectivity index (χ0) is 14.5. The molecule has 1 heterocycles. The Balaban J connectivity index is 2.19. The molecule has 0 unspecified atom stereocenters. The van der Waals surface area contributed by atoms with Crippen molar-refractivity contribution in [3.05, 3.63) is 47.9 Å². The first-order valence-corrected chi connectivity index (χ1v) is 5.88. The number of nitrogens with zero attached hydrogens (tertiary/aromatic N) is 2. The predicted octanol–water partition coefficient (Wildman–Crippen LogP) is 0.384. The summed E-state index contributed by atoms with van der Waals surface area (Å²) in [6.07, 6.45) is 1.29. The zero-order valence-corrected chi connectivity index (χ0v) is 10.7. The molecule has 0 saturated heterocycles. The summed E-state index contributed by atoms with van der Waals surface area (Å²) in [6.45, 7) is 0.000164. The van der Waals surface area contributed by atoms with Gasteiger partial charge in [0.1, 0.15) is 12.8 Å². The summed E-state index contributed by atoms with van der Waals surface area (Å²) in [6, 6.07) is 8.47. The van der Waals surface area contributed by atoms with Gasteiger partial charge in [0.25, 0.3) is 5.91 Å². The van der Waals surface area contributed by atoms with Crippen molar-refractivity contribution >= 4 is 17.5 Å². The van der Waals surface area contributed by atoms with E-state index in [1.807, 2.05) is 0 Å². The summed E-state index contributed by atoms with van der Waals surface area (Å²) in [5.74, 6) is -1.04. The van der Waals surface area contributed by atoms with Crippen molar-refractivity contribution in [2.24, 2.45) is 5.73 Å². The van der Waals surface area contributed by atoms with Gasteiger partial charge in [0.15, 0.2) is 5.69 Å². The molecule has 0 bridgehead atoms. The fraction of sp³-hybridized carbons (Fsp3) is 0.154. The number of amides is 2. The summed E-state index contributed by atoms with van der Waals surface area (Å²) < 4.78 is 4.63. The normalized spacial score (nSPS) is 10.2. The molecule has 2 aromatic rings. The molecule has 1 aromatic carbocycles. The second-order valence-corrected chi connectivity index (χ2v) is 4.26. The van der Waals surface area contributed by atoms with E-state index in [2.05, 4.69) is 9.68 Å². The average Bonchev–Trinajstić information content (AvgIpc) is 2.90. The third-order valence-electron chi connectivity index (χ3n) is 2.62. The van der Waals surface area contributed by atoms with Crippen LogP contribution in [0.5, 0.6) is 0 Å². The van der Waals surface area contributed by atoms with E-state index in [-0.39, 0.29) is 18.8 Å². The second kappa shape index (κ2) is 5.87. The molecular formula is C13H14N4O3. The number of primary amides is 1. The Kier molecular flexibility index (Phi) is 3.99. The maximum Gasteiger partial charge on any atom is 0.276 e. The lowest BCUT2D eigenvalue weighted by Gasteiger charge is -2.20. The van der Waals surface area contributed by atoms with Crippen LogP contribution in [0, 0.1) is 0 Å². The lowest BCUT2D eigenvalue weighted by molar-refractivity contribution is -0.118. The topological polar surface area (TPSA) is 115 Å². The van der Waals surface area contributed by atoms with Gasteiger partial charge in [-0.25, -0.2) is 0 Å². The third-order valence-corrected chi connectivity index (χ3v) is 2.62. The molecule has 1 aromatic heterocycles. The highest BCUT2D eigenvalue weighted by atomic mass is 16.5. The number of benzene rings is 1. The number of aromatic nitrogens is 1. The summed E-state index contributed by atoms with van der Waals surface area (Å²) >= 11 is 0. The first kappa shape index (κ1) is 13.6. The monoisotopic (exact) mass is 274 g/mol. The van der Waals surface area contributed by atoms with Gasteiger partial charge in [0.2, 0.25) is 5.91 Å². The number of carbonyl (C=O) groups excluding carboxylic acids is 2. The van der Waals surface area contributed by atoms with Crippen molar-refractivity contribution in [3.8, 4) is 0 Å². The number of hydrogen-bond donors (Lipinski definition) is 2. The molecule has 0 atom stereocenters. The summed E-state index contributed by atoms with van der Waals surface area (Å²) in [5, 5.41) is 3.56. The average molecular weight is 274 g/mol. The van der Waals surface area contributed by atoms with Crippen LogP contribution in [0.3, 0.4) is 0 Å². The Morgan fingerprint density at radius 1 is 1.30 bits per heavy atom. The summed E-state index contributed by atoms with van der Waals surface area (Å²) in [7, 11) is 0. The van der Waals surface area contributed by atoms with Gasteiger partial charge in [-0.1, -0.05) is 17.3 Å². The smallest absolute Gasteiger partial charge is 0.276 e. The van der Waals surface area contributed by atoms with E-state index in [9.17, 15) is 9.59 Å². The summed E-state index contributed by atoms with van der Waals surface area (Å²) in [5.41, 5.74) is 12.3. The Morgan fingerprint density at radius 2 is 2.10 bits per heavy atom. The van der Waals surface area contributed by atoms with E-state index < -0.39 is 11.8 Å². The quantitative estimate of drug-likeness (QED) is 0.765. The molecule has 0 saturated carbocycles. The Labute approximate surface area is 115 Å². The molecule has 0 aliphatic rings. The first-order chi connectivity index (χ1) is 9.56. The largest absolute Gasteiger partial charge is 0.399 e. The van der Waals surface area contributed by atoms with Crippen LogP contribution in [-0.4, -0.2) is 28.4 Å². The SMILES string of the molecule is NC(=O)CN(Cc1cccc(N)c1)C(=O)c1ccon1. The van der Waals surface area contributed by atoms with Gasteiger partial charge in [-0.15, -0.1) is 0 Å². The van der Waals surface area contributed by atoms with Crippen LogP contribution in [-0.2, 0) is 11.3 Å². The molecular weight excluding hydrogens is 260 g/mol. The predicted molar refractivity (Wildman–Crippen MR) is 71.3 cm³/mol. The van der Waals surface area contributed by atoms with Gasteiger partial charge in [-0.05, 0) is 17.7 Å². The van der Waals surface area contributed by atoms with E-state index in [1.165, 1.54) is 17.2 Å². The van der Waals surface area contributed by atoms with Crippen LogP contribution in [0.15, 0.2) is 41.1 Å². The Hall–Kier alpha value is -2.83. The number of nitrogen functional groups attached to an aromatic ring is 1. The fourth-order valence-electron chi connectivity index (χ4n) is 1.78. The van der Waals surface area contributed by atoms with Gasteiger partial charge < -0.3 is 20.9 Å². The molecule has 0 aliphatic carbocycles. The van der Waals surface area contributed by atoms with Crippen molar-refractivity contribution in [2.45, 2.75) is 6.54 Å². The van der Waals surface area contributed by atoms with Gasteiger partial charge in [-0.3, -0.25) is 9.59 Å². The van der Waals surface area contributed by atoms with Crippen LogP contribution in [0.25, 0.3) is 0 Å². The number of nitrogens with two attached hydrogens (primary N) is 2. The molecule has 104 valence electrons. The van der Waals surface area contributed by atoms with Crippen LogP contribution < -0.4 is 11.5 Å². The van der Waals surface area contributed by atoms with Crippen molar-refractivity contribution in [1.82, 2.24) is 10.1 Å². The number of carbonyl (C=O) groups is 2. The standard InChI is InChI=1S/C13H14N4O3/c14-10-3-1-2-9(6-10)7-17(8-12(15)18)13(19)11-4-5-20-16-11/h1-6H,7-8,14H2,(H2,15,18). The second-order valence-electron chi connectivity index (χ2n) is 4.26. The highest BCUT2D eigenvalue weighted by Gasteiger charge is 2.20. The van der Waals surface area contributed by atoms with Crippen LogP contribution in [0.4, 0.5) is 5.69 Å². The zero-order valence-electron chi connectivity index (χ0n) is 10.7. The van der Waals surface area contributed by atoms with Gasteiger partial charge in [-0.2, -0.15) is 0 Å². The Bertz CT molecular complexity index is 610. The number of rotatable bonds is 5. The molecule has 2 amide bonds. The lowest BCUT2D eigenvalue weighted by atomic mass is 10.2. The van der Waals surface area contributed by atoms with Gasteiger partial charge in [0, 0.05) is 18.3 Å². The highest BCUT2D eigenvalue weighted by molar-refractivity contribution is 5.94. The van der Waals surface area contributed by atoms with Gasteiger partial charge in [0.05, 0.1) is 0 Å². The molecule has 4 N–H and O–H groups in total. The Morgan fingerprint density at radius 3 is 2.70 bits per heavy atom. The number of anilines is 1. The minimum atomic E-state index is -0.606. The molecule has 0 fully saturated rings. The molecule has 0 spiro atoms. The molecule has 7 heteroatoms. The van der Waals surface area contributed by atoms with E-state index >= 15 is 0 Å². The van der Waals surface area contributed by atoms with Crippen molar-refractivity contribution in [3.63, 3.8) is 0 Å². The first-order valence-electron chi connectivity index (χ1n) is 5.88. The van der Waals surface area contributed by atoms with E-state index in [0.29, 0.717) is 5.69 Å².